The van der Waals surface area contributed by atoms with E-state index >= 15 is 0 Å². The first-order chi connectivity index (χ1) is 18.4. The van der Waals surface area contributed by atoms with Crippen LogP contribution in [-0.2, 0) is 31.4 Å². The van der Waals surface area contributed by atoms with Gasteiger partial charge in [-0.25, -0.2) is 4.68 Å². The minimum atomic E-state index is -2.40. The Hall–Kier alpha value is -2.82. The summed E-state index contributed by atoms with van der Waals surface area (Å²) in [6.45, 7) is 4.54. The number of carbonyl (C=O) groups is 1. The molecule has 7 nitrogen and oxygen atoms in total. The van der Waals surface area contributed by atoms with Gasteiger partial charge in [-0.15, -0.1) is 11.3 Å². The number of hydrogen-bond acceptors (Lipinski definition) is 6. The summed E-state index contributed by atoms with van der Waals surface area (Å²) in [5.74, 6) is -0.128. The van der Waals surface area contributed by atoms with Gasteiger partial charge in [-0.2, -0.15) is 9.65 Å². The molecule has 0 saturated carbocycles. The fraction of sp³-hybridized carbons (Fsp3) is 0.286. The lowest BCUT2D eigenvalue weighted by Gasteiger charge is -2.30. The Morgan fingerprint density at radius 3 is 2.61 bits per heavy atom. The molecular formula is C28H29ClN3O4S2+. The summed E-state index contributed by atoms with van der Waals surface area (Å²) in [4.78, 5) is 16.8. The number of esters is 1. The third-order valence-corrected chi connectivity index (χ3v) is 8.84. The third kappa shape index (κ3) is 5.92. The Balaban J connectivity index is 1.43. The van der Waals surface area contributed by atoms with Crippen molar-refractivity contribution in [2.24, 2.45) is 5.92 Å². The molecule has 0 aliphatic carbocycles. The van der Waals surface area contributed by atoms with Gasteiger partial charge in [0.15, 0.2) is 4.90 Å². The zero-order valence-electron chi connectivity index (χ0n) is 20.9. The molecule has 3 heterocycles. The van der Waals surface area contributed by atoms with E-state index in [4.69, 9.17) is 21.4 Å². The maximum absolute atomic E-state index is 12.1. The second-order valence-corrected chi connectivity index (χ2v) is 11.7. The van der Waals surface area contributed by atoms with Crippen molar-refractivity contribution < 1.29 is 18.3 Å². The Kier molecular flexibility index (Phi) is 8.40. The minimum absolute atomic E-state index is 0.0329. The van der Waals surface area contributed by atoms with Gasteiger partial charge in [-0.1, -0.05) is 40.1 Å². The van der Waals surface area contributed by atoms with Gasteiger partial charge < -0.3 is 4.74 Å². The van der Waals surface area contributed by atoms with Crippen molar-refractivity contribution in [1.82, 2.24) is 14.7 Å². The predicted octanol–water partition coefficient (Wildman–Crippen LogP) is 6.22. The molecule has 10 heteroatoms. The standard InChI is InChI=1S/C28H28ClN3O4S2/c1-2-36-28(33)19-12-14-31(15-13-19)18-21-17-25(32(30-21)24-9-4-3-8-23(24)29)27-11-10-26(37-27)20-6-5-7-22(16-20)38(34)35/h3-11,16-17,19H,2,12-15,18H2,1H3,(H,34,35)/p+1. The summed E-state index contributed by atoms with van der Waals surface area (Å²) in [6, 6.07) is 20.9. The molecule has 0 spiro atoms. The number of carbonyl (C=O) groups excluding carboxylic acids is 1. The zero-order valence-corrected chi connectivity index (χ0v) is 23.4. The molecule has 1 unspecified atom stereocenters. The molecule has 1 atom stereocenters. The Morgan fingerprint density at radius 1 is 1.11 bits per heavy atom. The molecule has 38 heavy (non-hydrogen) atoms. The van der Waals surface area contributed by atoms with E-state index in [0.717, 1.165) is 58.3 Å². The summed E-state index contributed by atoms with van der Waals surface area (Å²) < 4.78 is 28.2. The van der Waals surface area contributed by atoms with E-state index in [1.54, 1.807) is 29.5 Å². The van der Waals surface area contributed by atoms with Crippen LogP contribution in [0.15, 0.2) is 71.6 Å². The Morgan fingerprint density at radius 2 is 1.87 bits per heavy atom. The lowest BCUT2D eigenvalue weighted by molar-refractivity contribution is -0.149. The number of halogens is 1. The normalized spacial score (nSPS) is 15.4. The molecule has 2 aromatic heterocycles. The molecule has 1 saturated heterocycles. The number of para-hydroxylation sites is 1. The van der Waals surface area contributed by atoms with E-state index in [1.165, 1.54) is 0 Å². The van der Waals surface area contributed by atoms with Crippen LogP contribution in [0.25, 0.3) is 26.7 Å². The predicted molar refractivity (Wildman–Crippen MR) is 152 cm³/mol. The van der Waals surface area contributed by atoms with E-state index < -0.39 is 11.1 Å². The molecule has 0 radical (unpaired) electrons. The molecule has 1 fully saturated rings. The Bertz CT molecular complexity index is 1460. The third-order valence-electron chi connectivity index (χ3n) is 6.64. The van der Waals surface area contributed by atoms with Crippen LogP contribution in [0.3, 0.4) is 0 Å². The maximum Gasteiger partial charge on any atom is 0.309 e. The topological polar surface area (TPSA) is 84.7 Å². The van der Waals surface area contributed by atoms with Crippen LogP contribution in [0.1, 0.15) is 25.5 Å². The summed E-state index contributed by atoms with van der Waals surface area (Å²) >= 11 is 5.78. The largest absolute Gasteiger partial charge is 0.466 e. The van der Waals surface area contributed by atoms with Gasteiger partial charge in [0.25, 0.3) is 0 Å². The summed E-state index contributed by atoms with van der Waals surface area (Å²) in [7, 11) is 0. The van der Waals surface area contributed by atoms with Crippen molar-refractivity contribution >= 4 is 40.0 Å². The summed E-state index contributed by atoms with van der Waals surface area (Å²) in [6.07, 6.45) is 1.56. The second kappa shape index (κ2) is 11.9. The van der Waals surface area contributed by atoms with Gasteiger partial charge >= 0.3 is 5.97 Å². The quantitative estimate of drug-likeness (QED) is 0.154. The lowest BCUT2D eigenvalue weighted by Crippen LogP contribution is -2.36. The lowest BCUT2D eigenvalue weighted by atomic mass is 9.97. The fourth-order valence-corrected chi connectivity index (χ4v) is 6.40. The first kappa shape index (κ1) is 26.8. The monoisotopic (exact) mass is 570 g/mol. The second-order valence-electron chi connectivity index (χ2n) is 9.17. The van der Waals surface area contributed by atoms with Crippen LogP contribution in [0.5, 0.6) is 0 Å². The van der Waals surface area contributed by atoms with Crippen LogP contribution in [0.4, 0.5) is 0 Å². The van der Waals surface area contributed by atoms with Crippen LogP contribution in [-0.4, -0.2) is 44.9 Å². The highest BCUT2D eigenvalue weighted by atomic mass is 35.5. The average Bonchev–Trinajstić information content (AvgIpc) is 3.57. The number of rotatable bonds is 8. The van der Waals surface area contributed by atoms with Crippen molar-refractivity contribution in [3.63, 3.8) is 0 Å². The number of hydrogen-bond donors (Lipinski definition) is 1. The number of ether oxygens (including phenoxy) is 1. The van der Waals surface area contributed by atoms with Crippen molar-refractivity contribution in [2.75, 3.05) is 19.7 Å². The number of nitrogens with zero attached hydrogens (tertiary/aromatic N) is 3. The highest BCUT2D eigenvalue weighted by molar-refractivity contribution is 7.79. The summed E-state index contributed by atoms with van der Waals surface area (Å²) in [5.41, 5.74) is 3.54. The number of piperidine rings is 1. The van der Waals surface area contributed by atoms with Gasteiger partial charge in [-0.3, -0.25) is 9.69 Å². The molecule has 0 bridgehead atoms. The molecule has 1 aliphatic rings. The van der Waals surface area contributed by atoms with Crippen LogP contribution < -0.4 is 0 Å². The van der Waals surface area contributed by atoms with Gasteiger partial charge in [0.05, 0.1) is 39.5 Å². The molecule has 2 aromatic carbocycles. The van der Waals surface area contributed by atoms with Gasteiger partial charge in [0.2, 0.25) is 11.1 Å². The number of likely N-dealkylation sites (tertiary alicyclic amines) is 1. The first-order valence-electron chi connectivity index (χ1n) is 12.5. The molecule has 1 aliphatic heterocycles. The number of aromatic nitrogens is 2. The maximum atomic E-state index is 12.1. The van der Waals surface area contributed by atoms with Crippen molar-refractivity contribution in [3.8, 4) is 26.7 Å². The number of benzene rings is 2. The van der Waals surface area contributed by atoms with E-state index in [9.17, 15) is 13.6 Å². The molecule has 0 amide bonds. The van der Waals surface area contributed by atoms with Crippen molar-refractivity contribution in [2.45, 2.75) is 31.2 Å². The SMILES string of the molecule is CCOC(=O)C1CCN(Cc2cc(-c3ccc(-c4cccc([SH+](=O)O)c4)s3)n(-c3ccccc3Cl)n2)CC1. The molecule has 198 valence electrons. The highest BCUT2D eigenvalue weighted by Gasteiger charge is 2.27. The first-order valence-corrected chi connectivity index (χ1v) is 14.9. The van der Waals surface area contributed by atoms with Gasteiger partial charge in [-0.05, 0) is 74.8 Å². The van der Waals surface area contributed by atoms with E-state index in [1.807, 2.05) is 54.1 Å². The number of thiophene rings is 1. The van der Waals surface area contributed by atoms with Crippen LogP contribution in [0, 0.1) is 5.92 Å². The molecule has 4 aromatic rings. The van der Waals surface area contributed by atoms with Crippen LogP contribution in [0.2, 0.25) is 5.02 Å². The smallest absolute Gasteiger partial charge is 0.309 e. The van der Waals surface area contributed by atoms with Gasteiger partial charge in [0.1, 0.15) is 0 Å². The molecular weight excluding hydrogens is 542 g/mol. The van der Waals surface area contributed by atoms with E-state index in [0.29, 0.717) is 23.1 Å². The summed E-state index contributed by atoms with van der Waals surface area (Å²) in [5, 5.41) is 5.55. The van der Waals surface area contributed by atoms with E-state index in [-0.39, 0.29) is 11.9 Å². The minimum Gasteiger partial charge on any atom is -0.466 e. The van der Waals surface area contributed by atoms with Crippen LogP contribution >= 0.6 is 22.9 Å². The fourth-order valence-electron chi connectivity index (χ4n) is 4.71. The Labute approximate surface area is 233 Å². The molecule has 1 N–H and O–H groups in total. The van der Waals surface area contributed by atoms with E-state index in [2.05, 4.69) is 11.0 Å². The number of thiol groups is 1. The molecule has 5 rings (SSSR count). The van der Waals surface area contributed by atoms with Crippen molar-refractivity contribution in [1.29, 1.82) is 0 Å². The highest BCUT2D eigenvalue weighted by Crippen LogP contribution is 2.37. The van der Waals surface area contributed by atoms with Gasteiger partial charge in [0, 0.05) is 17.5 Å². The van der Waals surface area contributed by atoms with Crippen molar-refractivity contribution in [3.05, 3.63) is 77.4 Å². The zero-order chi connectivity index (χ0) is 26.6. The average molecular weight is 571 g/mol.